The highest BCUT2D eigenvalue weighted by Crippen LogP contribution is 2.21. The van der Waals surface area contributed by atoms with E-state index in [1.54, 1.807) is 14.1 Å². The molecule has 10 nitrogen and oxygen atoms in total. The first kappa shape index (κ1) is 17.1. The highest BCUT2D eigenvalue weighted by Gasteiger charge is 2.34. The summed E-state index contributed by atoms with van der Waals surface area (Å²) in [5.74, 6) is 0. The van der Waals surface area contributed by atoms with Gasteiger partial charge in [-0.1, -0.05) is 0 Å². The van der Waals surface area contributed by atoms with Crippen molar-refractivity contribution in [1.82, 2.24) is 28.2 Å². The van der Waals surface area contributed by atoms with Gasteiger partial charge in [-0.15, -0.1) is 0 Å². The number of nitrogens with zero attached hydrogens (tertiary/aromatic N) is 6. The highest BCUT2D eigenvalue weighted by atomic mass is 32.2. The maximum absolute atomic E-state index is 12.5. The van der Waals surface area contributed by atoms with Gasteiger partial charge in [-0.05, 0) is 0 Å². The molecule has 12 heteroatoms. The van der Waals surface area contributed by atoms with Crippen LogP contribution in [0.4, 0.5) is 0 Å². The minimum Gasteiger partial charge on any atom is -0.274 e. The van der Waals surface area contributed by atoms with E-state index in [0.29, 0.717) is 0 Å². The van der Waals surface area contributed by atoms with E-state index < -0.39 is 20.0 Å². The Morgan fingerprint density at radius 2 is 1.08 bits per heavy atom. The van der Waals surface area contributed by atoms with E-state index in [1.807, 2.05) is 0 Å². The Bertz CT molecular complexity index is 860. The van der Waals surface area contributed by atoms with Crippen molar-refractivity contribution in [1.29, 1.82) is 0 Å². The third-order valence-electron chi connectivity index (χ3n) is 3.84. The molecule has 2 aromatic heterocycles. The number of aromatic nitrogens is 4. The summed E-state index contributed by atoms with van der Waals surface area (Å²) < 4.78 is 55.5. The predicted molar refractivity (Wildman–Crippen MR) is 83.9 cm³/mol. The molecule has 1 aliphatic rings. The zero-order valence-corrected chi connectivity index (χ0v) is 14.9. The van der Waals surface area contributed by atoms with Crippen LogP contribution < -0.4 is 0 Å². The summed E-state index contributed by atoms with van der Waals surface area (Å²) in [4.78, 5) is 0.210. The smallest absolute Gasteiger partial charge is 0.246 e. The van der Waals surface area contributed by atoms with Crippen LogP contribution in [0.2, 0.25) is 0 Å². The van der Waals surface area contributed by atoms with Gasteiger partial charge >= 0.3 is 0 Å². The first-order valence-electron chi connectivity index (χ1n) is 7.19. The van der Waals surface area contributed by atoms with Crippen molar-refractivity contribution in [2.45, 2.75) is 9.79 Å². The van der Waals surface area contributed by atoms with Crippen LogP contribution in [0.15, 0.2) is 34.6 Å². The molecule has 0 N–H and O–H groups in total. The van der Waals surface area contributed by atoms with Crippen molar-refractivity contribution in [2.75, 3.05) is 26.2 Å². The van der Waals surface area contributed by atoms with E-state index in [9.17, 15) is 16.8 Å². The molecule has 132 valence electrons. The van der Waals surface area contributed by atoms with Crippen molar-refractivity contribution >= 4 is 20.0 Å². The summed E-state index contributed by atoms with van der Waals surface area (Å²) >= 11 is 0. The van der Waals surface area contributed by atoms with Gasteiger partial charge in [0.05, 0.1) is 12.4 Å². The highest BCUT2D eigenvalue weighted by molar-refractivity contribution is 7.89. The SMILES string of the molecule is Cn1cc(S(=O)(=O)N2CCN(S(=O)(=O)c3cnn(C)c3)CC2)cn1. The monoisotopic (exact) mass is 374 g/mol. The van der Waals surface area contributed by atoms with Crippen LogP contribution in [0.3, 0.4) is 0 Å². The topological polar surface area (TPSA) is 110 Å². The van der Waals surface area contributed by atoms with Crippen molar-refractivity contribution in [3.63, 3.8) is 0 Å². The Labute approximate surface area is 140 Å². The van der Waals surface area contributed by atoms with E-state index in [2.05, 4.69) is 10.2 Å². The zero-order valence-electron chi connectivity index (χ0n) is 13.3. The standard InChI is InChI=1S/C12H18N6O4S2/c1-15-9-11(7-13-15)23(19,20)17-3-5-18(6-4-17)24(21,22)12-8-14-16(2)10-12/h7-10H,3-6H2,1-2H3. The molecule has 0 spiro atoms. The van der Waals surface area contributed by atoms with Gasteiger partial charge in [-0.3, -0.25) is 9.36 Å². The van der Waals surface area contributed by atoms with Gasteiger partial charge in [0, 0.05) is 52.7 Å². The van der Waals surface area contributed by atoms with Crippen molar-refractivity contribution < 1.29 is 16.8 Å². The summed E-state index contributed by atoms with van der Waals surface area (Å²) in [7, 11) is -4.04. The fraction of sp³-hybridized carbons (Fsp3) is 0.500. The number of hydrogen-bond acceptors (Lipinski definition) is 6. The number of hydrogen-bond donors (Lipinski definition) is 0. The molecule has 0 saturated carbocycles. The lowest BCUT2D eigenvalue weighted by molar-refractivity contribution is 0.273. The molecular formula is C12H18N6O4S2. The minimum atomic E-state index is -3.66. The van der Waals surface area contributed by atoms with E-state index in [-0.39, 0.29) is 36.0 Å². The van der Waals surface area contributed by atoms with Gasteiger partial charge in [-0.25, -0.2) is 16.8 Å². The van der Waals surface area contributed by atoms with Crippen LogP contribution in [-0.2, 0) is 34.1 Å². The van der Waals surface area contributed by atoms with Gasteiger partial charge in [0.25, 0.3) is 0 Å². The molecular weight excluding hydrogens is 356 g/mol. The first-order chi connectivity index (χ1) is 11.2. The second kappa shape index (κ2) is 5.95. The van der Waals surface area contributed by atoms with Crippen LogP contribution in [0.5, 0.6) is 0 Å². The van der Waals surface area contributed by atoms with Gasteiger partial charge in [0.2, 0.25) is 20.0 Å². The Hall–Kier alpha value is -1.76. The number of piperazine rings is 1. The number of sulfonamides is 2. The zero-order chi connectivity index (χ0) is 17.5. The third-order valence-corrected chi connectivity index (χ3v) is 7.54. The molecule has 0 radical (unpaired) electrons. The maximum Gasteiger partial charge on any atom is 0.246 e. The molecule has 0 bridgehead atoms. The largest absolute Gasteiger partial charge is 0.274 e. The fourth-order valence-corrected chi connectivity index (χ4v) is 5.33. The molecule has 1 aliphatic heterocycles. The fourth-order valence-electron chi connectivity index (χ4n) is 2.51. The average Bonchev–Trinajstić information content (AvgIpc) is 3.16. The quantitative estimate of drug-likeness (QED) is 0.668. The second-order valence-electron chi connectivity index (χ2n) is 5.51. The van der Waals surface area contributed by atoms with Crippen LogP contribution >= 0.6 is 0 Å². The normalized spacial score (nSPS) is 18.1. The summed E-state index contributed by atoms with van der Waals surface area (Å²) in [6.45, 7) is 0.376. The van der Waals surface area contributed by atoms with Gasteiger partial charge in [-0.2, -0.15) is 18.8 Å². The lowest BCUT2D eigenvalue weighted by Crippen LogP contribution is -2.50. The Kier molecular flexibility index (Phi) is 4.23. The lowest BCUT2D eigenvalue weighted by atomic mass is 10.4. The molecule has 1 saturated heterocycles. The summed E-state index contributed by atoms with van der Waals surface area (Å²) in [5, 5.41) is 7.74. The molecule has 1 fully saturated rings. The van der Waals surface area contributed by atoms with Crippen molar-refractivity contribution in [3.05, 3.63) is 24.8 Å². The van der Waals surface area contributed by atoms with E-state index in [4.69, 9.17) is 0 Å². The summed E-state index contributed by atoms with van der Waals surface area (Å²) in [5.41, 5.74) is 0. The van der Waals surface area contributed by atoms with Gasteiger partial charge in [0.1, 0.15) is 9.79 Å². The summed E-state index contributed by atoms with van der Waals surface area (Å²) in [6.07, 6.45) is 5.42. The second-order valence-corrected chi connectivity index (χ2v) is 9.38. The molecule has 0 aliphatic carbocycles. The number of aryl methyl sites for hydroxylation is 2. The van der Waals surface area contributed by atoms with E-state index in [1.165, 1.54) is 42.8 Å². The Balaban J connectivity index is 1.74. The first-order valence-corrected chi connectivity index (χ1v) is 10.1. The molecule has 0 unspecified atom stereocenters. The minimum absolute atomic E-state index is 0.0940. The molecule has 0 atom stereocenters. The van der Waals surface area contributed by atoms with Crippen molar-refractivity contribution in [3.8, 4) is 0 Å². The van der Waals surface area contributed by atoms with Gasteiger partial charge < -0.3 is 0 Å². The van der Waals surface area contributed by atoms with Crippen LogP contribution in [0.1, 0.15) is 0 Å². The molecule has 3 heterocycles. The Morgan fingerprint density at radius 1 is 0.750 bits per heavy atom. The van der Waals surface area contributed by atoms with Crippen LogP contribution in [-0.4, -0.2) is 71.2 Å². The lowest BCUT2D eigenvalue weighted by Gasteiger charge is -2.32. The van der Waals surface area contributed by atoms with Gasteiger partial charge in [0.15, 0.2) is 0 Å². The van der Waals surface area contributed by atoms with Crippen LogP contribution in [0.25, 0.3) is 0 Å². The molecule has 2 aromatic rings. The molecule has 3 rings (SSSR count). The Morgan fingerprint density at radius 3 is 1.33 bits per heavy atom. The average molecular weight is 374 g/mol. The van der Waals surface area contributed by atoms with E-state index >= 15 is 0 Å². The van der Waals surface area contributed by atoms with Crippen molar-refractivity contribution in [2.24, 2.45) is 14.1 Å². The molecule has 0 amide bonds. The third kappa shape index (κ3) is 2.97. The summed E-state index contributed by atoms with van der Waals surface area (Å²) in [6, 6.07) is 0. The van der Waals surface area contributed by atoms with E-state index in [0.717, 1.165) is 0 Å². The molecule has 0 aromatic carbocycles. The maximum atomic E-state index is 12.5. The van der Waals surface area contributed by atoms with Crippen LogP contribution in [0, 0.1) is 0 Å². The predicted octanol–water partition coefficient (Wildman–Crippen LogP) is -1.15. The number of rotatable bonds is 4. The molecule has 24 heavy (non-hydrogen) atoms.